The fraction of sp³-hybridized carbons (Fsp3) is 0.278. The van der Waals surface area contributed by atoms with E-state index in [-0.39, 0.29) is 4.90 Å². The molecule has 138 valence electrons. The molecule has 0 saturated heterocycles. The Hall–Kier alpha value is -2.16. The molecule has 0 aliphatic heterocycles. The van der Waals surface area contributed by atoms with E-state index in [0.717, 1.165) is 15.8 Å². The number of fused-ring (bicyclic) bond motifs is 1. The molecule has 0 fully saturated rings. The zero-order valence-corrected chi connectivity index (χ0v) is 16.4. The number of thiazole rings is 1. The summed E-state index contributed by atoms with van der Waals surface area (Å²) in [4.78, 5) is 0.559. The highest BCUT2D eigenvalue weighted by Crippen LogP contribution is 2.21. The summed E-state index contributed by atoms with van der Waals surface area (Å²) >= 11 is 1.35. The van der Waals surface area contributed by atoms with Crippen LogP contribution in [-0.4, -0.2) is 33.8 Å². The Kier molecular flexibility index (Phi) is 5.45. The molecule has 0 atom stereocenters. The maximum Gasteiger partial charge on any atom is 0.285 e. The highest BCUT2D eigenvalue weighted by Gasteiger charge is 2.15. The number of aromatic nitrogens is 1. The van der Waals surface area contributed by atoms with E-state index < -0.39 is 10.0 Å². The van der Waals surface area contributed by atoms with Crippen LogP contribution in [0.1, 0.15) is 5.56 Å². The molecule has 2 aromatic carbocycles. The summed E-state index contributed by atoms with van der Waals surface area (Å²) in [5.41, 5.74) is 2.06. The van der Waals surface area contributed by atoms with Gasteiger partial charge >= 0.3 is 0 Å². The Bertz CT molecular complexity index is 1080. The molecule has 0 saturated carbocycles. The summed E-state index contributed by atoms with van der Waals surface area (Å²) < 4.78 is 42.6. The lowest BCUT2D eigenvalue weighted by Gasteiger charge is -2.05. The molecule has 0 bridgehead atoms. The first-order valence-corrected chi connectivity index (χ1v) is 10.2. The van der Waals surface area contributed by atoms with Crippen LogP contribution in [0.25, 0.3) is 10.2 Å². The second-order valence-electron chi connectivity index (χ2n) is 5.74. The van der Waals surface area contributed by atoms with Gasteiger partial charge in [0.2, 0.25) is 4.80 Å². The van der Waals surface area contributed by atoms with Crippen LogP contribution in [0.2, 0.25) is 0 Å². The van der Waals surface area contributed by atoms with Crippen LogP contribution in [-0.2, 0) is 21.3 Å². The quantitative estimate of drug-likeness (QED) is 0.647. The maximum atomic E-state index is 12.7. The van der Waals surface area contributed by atoms with E-state index in [9.17, 15) is 8.42 Å². The summed E-state index contributed by atoms with van der Waals surface area (Å²) in [5, 5.41) is 0. The Labute approximate surface area is 156 Å². The van der Waals surface area contributed by atoms with Crippen molar-refractivity contribution in [2.75, 3.05) is 20.8 Å². The number of hydrogen-bond donors (Lipinski definition) is 0. The maximum absolute atomic E-state index is 12.7. The van der Waals surface area contributed by atoms with Gasteiger partial charge < -0.3 is 14.0 Å². The van der Waals surface area contributed by atoms with Gasteiger partial charge in [0.15, 0.2) is 0 Å². The SMILES string of the molecule is COCCn1c(=NS(=O)(=O)c2ccc(OC)cc2)sc2cc(C)ccc21. The van der Waals surface area contributed by atoms with Gasteiger partial charge in [-0.1, -0.05) is 17.4 Å². The third-order valence-electron chi connectivity index (χ3n) is 3.91. The van der Waals surface area contributed by atoms with E-state index >= 15 is 0 Å². The molecule has 8 heteroatoms. The van der Waals surface area contributed by atoms with Crippen LogP contribution in [0.3, 0.4) is 0 Å². The highest BCUT2D eigenvalue weighted by molar-refractivity contribution is 7.90. The molecule has 1 aromatic heterocycles. The Morgan fingerprint density at radius 2 is 1.85 bits per heavy atom. The van der Waals surface area contributed by atoms with Gasteiger partial charge in [0.25, 0.3) is 10.0 Å². The largest absolute Gasteiger partial charge is 0.497 e. The van der Waals surface area contributed by atoms with E-state index in [2.05, 4.69) is 4.40 Å². The van der Waals surface area contributed by atoms with Gasteiger partial charge in [-0.25, -0.2) is 0 Å². The standard InChI is InChI=1S/C18H20N2O4S2/c1-13-4-9-16-17(12-13)25-18(20(16)10-11-23-2)19-26(21,22)15-7-5-14(24-3)6-8-15/h4-9,12H,10-11H2,1-3H3. The third-order valence-corrected chi connectivity index (χ3v) is 6.35. The molecule has 3 aromatic rings. The topological polar surface area (TPSA) is 69.9 Å². The van der Waals surface area contributed by atoms with Gasteiger partial charge in [0.05, 0.1) is 28.8 Å². The van der Waals surface area contributed by atoms with Crippen LogP contribution in [0.4, 0.5) is 0 Å². The average Bonchev–Trinajstić information content (AvgIpc) is 2.95. The molecule has 1 heterocycles. The zero-order chi connectivity index (χ0) is 18.7. The van der Waals surface area contributed by atoms with Crippen LogP contribution >= 0.6 is 11.3 Å². The monoisotopic (exact) mass is 392 g/mol. The summed E-state index contributed by atoms with van der Waals surface area (Å²) in [6.07, 6.45) is 0. The second-order valence-corrected chi connectivity index (χ2v) is 8.36. The predicted molar refractivity (Wildman–Crippen MR) is 102 cm³/mol. The zero-order valence-electron chi connectivity index (χ0n) is 14.8. The van der Waals surface area contributed by atoms with Crippen molar-refractivity contribution in [1.82, 2.24) is 4.57 Å². The molecule has 0 radical (unpaired) electrons. The molecule has 0 aliphatic carbocycles. The van der Waals surface area contributed by atoms with Crippen molar-refractivity contribution in [3.63, 3.8) is 0 Å². The number of ether oxygens (including phenoxy) is 2. The van der Waals surface area contributed by atoms with Gasteiger partial charge in [-0.15, -0.1) is 4.40 Å². The van der Waals surface area contributed by atoms with Crippen LogP contribution < -0.4 is 9.54 Å². The predicted octanol–water partition coefficient (Wildman–Crippen LogP) is 2.96. The highest BCUT2D eigenvalue weighted by atomic mass is 32.2. The normalized spacial score (nSPS) is 12.7. The molecule has 0 spiro atoms. The Morgan fingerprint density at radius 1 is 1.12 bits per heavy atom. The molecule has 0 N–H and O–H groups in total. The van der Waals surface area contributed by atoms with Crippen molar-refractivity contribution in [1.29, 1.82) is 0 Å². The fourth-order valence-electron chi connectivity index (χ4n) is 2.55. The molecular weight excluding hydrogens is 372 g/mol. The van der Waals surface area contributed by atoms with Crippen molar-refractivity contribution in [2.45, 2.75) is 18.4 Å². The van der Waals surface area contributed by atoms with Crippen molar-refractivity contribution in [3.8, 4) is 5.75 Å². The molecule has 3 rings (SSSR count). The van der Waals surface area contributed by atoms with Gasteiger partial charge in [0.1, 0.15) is 5.75 Å². The van der Waals surface area contributed by atoms with E-state index in [1.165, 1.54) is 30.6 Å². The van der Waals surface area contributed by atoms with E-state index in [0.29, 0.717) is 23.7 Å². The smallest absolute Gasteiger partial charge is 0.285 e. The Morgan fingerprint density at radius 3 is 2.50 bits per heavy atom. The lowest BCUT2D eigenvalue weighted by molar-refractivity contribution is 0.187. The summed E-state index contributed by atoms with van der Waals surface area (Å²) in [7, 11) is -0.677. The van der Waals surface area contributed by atoms with E-state index in [4.69, 9.17) is 9.47 Å². The number of methoxy groups -OCH3 is 2. The first kappa shape index (κ1) is 18.6. The van der Waals surface area contributed by atoms with Crippen molar-refractivity contribution in [2.24, 2.45) is 4.40 Å². The molecule has 0 unspecified atom stereocenters. The average molecular weight is 393 g/mol. The van der Waals surface area contributed by atoms with Gasteiger partial charge in [-0.3, -0.25) is 0 Å². The number of sulfonamides is 1. The summed E-state index contributed by atoms with van der Waals surface area (Å²) in [6.45, 7) is 3.00. The Balaban J connectivity index is 2.15. The minimum atomic E-state index is -3.83. The first-order chi connectivity index (χ1) is 12.4. The number of hydrogen-bond acceptors (Lipinski definition) is 5. The third kappa shape index (κ3) is 3.82. The molecule has 0 amide bonds. The molecule has 6 nitrogen and oxygen atoms in total. The lowest BCUT2D eigenvalue weighted by Crippen LogP contribution is -2.19. The van der Waals surface area contributed by atoms with Gasteiger partial charge in [0, 0.05) is 13.7 Å². The second kappa shape index (κ2) is 7.61. The lowest BCUT2D eigenvalue weighted by atomic mass is 10.2. The number of nitrogens with zero attached hydrogens (tertiary/aromatic N) is 2. The van der Waals surface area contributed by atoms with E-state index in [1.54, 1.807) is 19.2 Å². The summed E-state index contributed by atoms with van der Waals surface area (Å²) in [5.74, 6) is 0.594. The van der Waals surface area contributed by atoms with Crippen LogP contribution in [0.15, 0.2) is 51.8 Å². The van der Waals surface area contributed by atoms with E-state index in [1.807, 2.05) is 29.7 Å². The van der Waals surface area contributed by atoms with Crippen LogP contribution in [0.5, 0.6) is 5.75 Å². The van der Waals surface area contributed by atoms with Gasteiger partial charge in [-0.2, -0.15) is 8.42 Å². The van der Waals surface area contributed by atoms with Gasteiger partial charge in [-0.05, 0) is 48.9 Å². The fourth-order valence-corrected chi connectivity index (χ4v) is 4.91. The minimum absolute atomic E-state index is 0.130. The summed E-state index contributed by atoms with van der Waals surface area (Å²) in [6, 6.07) is 12.2. The molecular formula is C18H20N2O4S2. The van der Waals surface area contributed by atoms with Crippen molar-refractivity contribution >= 4 is 31.6 Å². The minimum Gasteiger partial charge on any atom is -0.497 e. The number of rotatable bonds is 6. The van der Waals surface area contributed by atoms with Crippen molar-refractivity contribution in [3.05, 3.63) is 52.8 Å². The first-order valence-electron chi connectivity index (χ1n) is 7.98. The van der Waals surface area contributed by atoms with Crippen molar-refractivity contribution < 1.29 is 17.9 Å². The van der Waals surface area contributed by atoms with Crippen LogP contribution in [0, 0.1) is 6.92 Å². The molecule has 26 heavy (non-hydrogen) atoms. The molecule has 0 aliphatic rings. The number of benzene rings is 2. The number of aryl methyl sites for hydroxylation is 1.